The molecule has 0 saturated carbocycles. The minimum atomic E-state index is -0.537. The Bertz CT molecular complexity index is 1150. The number of carbonyl (C=O) groups excluding carboxylic acids is 2. The van der Waals surface area contributed by atoms with Crippen molar-refractivity contribution in [2.45, 2.75) is 6.42 Å². The monoisotopic (exact) mass is 457 g/mol. The molecule has 1 fully saturated rings. The van der Waals surface area contributed by atoms with Crippen molar-refractivity contribution in [3.05, 3.63) is 74.6 Å². The van der Waals surface area contributed by atoms with E-state index in [1.54, 1.807) is 11.4 Å². The number of halogens is 1. The Kier molecular flexibility index (Phi) is 6.34. The molecule has 1 aliphatic rings. The summed E-state index contributed by atoms with van der Waals surface area (Å²) in [6.07, 6.45) is 1.62. The van der Waals surface area contributed by atoms with Crippen LogP contribution in [0.25, 0.3) is 0 Å². The van der Waals surface area contributed by atoms with E-state index in [1.165, 1.54) is 23.6 Å². The smallest absolute Gasteiger partial charge is 0.263 e. The molecule has 0 spiro atoms. The topological polar surface area (TPSA) is 98.4 Å². The highest BCUT2D eigenvalue weighted by Crippen LogP contribution is 2.26. The number of H-pyrrole nitrogens is 1. The van der Waals surface area contributed by atoms with Crippen LogP contribution in [0.1, 0.15) is 16.1 Å². The number of pyridine rings is 1. The van der Waals surface area contributed by atoms with Gasteiger partial charge in [0.2, 0.25) is 5.91 Å². The number of hydrogen-bond donors (Lipinski definition) is 2. The Morgan fingerprint density at radius 1 is 1.13 bits per heavy atom. The summed E-state index contributed by atoms with van der Waals surface area (Å²) in [5.41, 5.74) is 1.10. The van der Waals surface area contributed by atoms with Crippen LogP contribution >= 0.6 is 22.9 Å². The number of aromatic amines is 1. The number of thiazole rings is 1. The highest BCUT2D eigenvalue weighted by Gasteiger charge is 2.23. The molecule has 0 aliphatic carbocycles. The first-order valence-electron chi connectivity index (χ1n) is 9.72. The van der Waals surface area contributed by atoms with E-state index in [1.807, 2.05) is 29.2 Å². The maximum atomic E-state index is 12.7. The van der Waals surface area contributed by atoms with Crippen LogP contribution in [0.4, 0.5) is 10.8 Å². The van der Waals surface area contributed by atoms with E-state index in [4.69, 9.17) is 11.6 Å². The van der Waals surface area contributed by atoms with E-state index in [-0.39, 0.29) is 17.9 Å². The molecule has 2 aromatic heterocycles. The molecule has 0 atom stereocenters. The van der Waals surface area contributed by atoms with E-state index in [0.717, 1.165) is 5.69 Å². The largest absolute Gasteiger partial charge is 0.367 e. The Morgan fingerprint density at radius 2 is 1.90 bits per heavy atom. The minimum absolute atomic E-state index is 0.00622. The number of piperazine rings is 1. The summed E-state index contributed by atoms with van der Waals surface area (Å²) in [6, 6.07) is 10.7. The number of benzene rings is 1. The number of hydrogen-bond acceptors (Lipinski definition) is 6. The molecule has 1 saturated heterocycles. The van der Waals surface area contributed by atoms with E-state index >= 15 is 0 Å². The molecule has 31 heavy (non-hydrogen) atoms. The van der Waals surface area contributed by atoms with Crippen molar-refractivity contribution in [1.29, 1.82) is 0 Å². The summed E-state index contributed by atoms with van der Waals surface area (Å²) < 4.78 is 0. The van der Waals surface area contributed by atoms with Crippen molar-refractivity contribution in [2.75, 3.05) is 36.4 Å². The Labute approximate surface area is 187 Å². The molecule has 3 heterocycles. The lowest BCUT2D eigenvalue weighted by Crippen LogP contribution is -2.49. The van der Waals surface area contributed by atoms with Gasteiger partial charge in [0.05, 0.1) is 22.8 Å². The van der Waals surface area contributed by atoms with Crippen molar-refractivity contribution in [3.8, 4) is 0 Å². The van der Waals surface area contributed by atoms with Gasteiger partial charge in [-0.25, -0.2) is 4.98 Å². The summed E-state index contributed by atoms with van der Waals surface area (Å²) in [6.45, 7) is 2.63. The fourth-order valence-corrected chi connectivity index (χ4v) is 4.34. The summed E-state index contributed by atoms with van der Waals surface area (Å²) in [4.78, 5) is 47.4. The van der Waals surface area contributed by atoms with Crippen LogP contribution in [0.15, 0.2) is 52.8 Å². The molecule has 2 amide bonds. The molecule has 4 rings (SSSR count). The molecule has 2 N–H and O–H groups in total. The second-order valence-electron chi connectivity index (χ2n) is 7.01. The zero-order chi connectivity index (χ0) is 21.8. The standard InChI is InChI=1S/C21H20ClN5O3S/c22-16-5-1-2-6-17(16)26-8-10-27(11-9-26)18(28)12-14-13-31-21(24-14)25-20(30)15-4-3-7-23-19(15)29/h1-7,13H,8-12H2,(H,23,29)(H,24,25,30). The summed E-state index contributed by atoms with van der Waals surface area (Å²) in [7, 11) is 0. The van der Waals surface area contributed by atoms with Crippen LogP contribution in [-0.4, -0.2) is 52.9 Å². The van der Waals surface area contributed by atoms with Crippen molar-refractivity contribution in [2.24, 2.45) is 0 Å². The second kappa shape index (κ2) is 9.32. The molecule has 0 radical (unpaired) electrons. The summed E-state index contributed by atoms with van der Waals surface area (Å²) in [5, 5.41) is 5.40. The van der Waals surface area contributed by atoms with Gasteiger partial charge in [0, 0.05) is 37.8 Å². The third kappa shape index (κ3) is 4.95. The number of amides is 2. The molecule has 0 unspecified atom stereocenters. The quantitative estimate of drug-likeness (QED) is 0.613. The highest BCUT2D eigenvalue weighted by molar-refractivity contribution is 7.14. The zero-order valence-corrected chi connectivity index (χ0v) is 18.1. The number of anilines is 2. The third-order valence-electron chi connectivity index (χ3n) is 4.99. The third-order valence-corrected chi connectivity index (χ3v) is 6.12. The van der Waals surface area contributed by atoms with Gasteiger partial charge in [-0.05, 0) is 24.3 Å². The van der Waals surface area contributed by atoms with Crippen LogP contribution < -0.4 is 15.8 Å². The number of nitrogens with one attached hydrogen (secondary N) is 2. The normalized spacial score (nSPS) is 13.8. The fraction of sp³-hybridized carbons (Fsp3) is 0.238. The van der Waals surface area contributed by atoms with Gasteiger partial charge in [0.15, 0.2) is 5.13 Å². The molecule has 160 valence electrons. The van der Waals surface area contributed by atoms with Crippen LogP contribution in [-0.2, 0) is 11.2 Å². The fourth-order valence-electron chi connectivity index (χ4n) is 3.38. The summed E-state index contributed by atoms with van der Waals surface area (Å²) >= 11 is 7.49. The van der Waals surface area contributed by atoms with Crippen molar-refractivity contribution < 1.29 is 9.59 Å². The number of aromatic nitrogens is 2. The van der Waals surface area contributed by atoms with Gasteiger partial charge in [0.25, 0.3) is 11.5 Å². The molecule has 0 bridgehead atoms. The Hall–Kier alpha value is -3.17. The lowest BCUT2D eigenvalue weighted by atomic mass is 10.2. The predicted molar refractivity (Wildman–Crippen MR) is 121 cm³/mol. The van der Waals surface area contributed by atoms with Gasteiger partial charge in [0.1, 0.15) is 5.56 Å². The second-order valence-corrected chi connectivity index (χ2v) is 8.27. The Balaban J connectivity index is 1.31. The molecular formula is C21H20ClN5O3S. The van der Waals surface area contributed by atoms with E-state index in [0.29, 0.717) is 42.0 Å². The molecule has 1 aliphatic heterocycles. The lowest BCUT2D eigenvalue weighted by molar-refractivity contribution is -0.130. The maximum Gasteiger partial charge on any atom is 0.263 e. The van der Waals surface area contributed by atoms with Crippen LogP contribution in [0.2, 0.25) is 5.02 Å². The van der Waals surface area contributed by atoms with Gasteiger partial charge in [-0.2, -0.15) is 0 Å². The van der Waals surface area contributed by atoms with Crippen molar-refractivity contribution in [3.63, 3.8) is 0 Å². The first-order valence-corrected chi connectivity index (χ1v) is 11.0. The van der Waals surface area contributed by atoms with E-state index < -0.39 is 11.5 Å². The van der Waals surface area contributed by atoms with Gasteiger partial charge in [-0.1, -0.05) is 23.7 Å². The predicted octanol–water partition coefficient (Wildman–Crippen LogP) is 2.63. The first-order chi connectivity index (χ1) is 15.0. The van der Waals surface area contributed by atoms with Gasteiger partial charge in [-0.3, -0.25) is 19.7 Å². The average Bonchev–Trinajstić information content (AvgIpc) is 3.21. The van der Waals surface area contributed by atoms with Crippen LogP contribution in [0.5, 0.6) is 0 Å². The number of nitrogens with zero attached hydrogens (tertiary/aromatic N) is 3. The van der Waals surface area contributed by atoms with E-state index in [9.17, 15) is 14.4 Å². The van der Waals surface area contributed by atoms with Gasteiger partial charge < -0.3 is 14.8 Å². The number of para-hydroxylation sites is 1. The molecule has 8 nitrogen and oxygen atoms in total. The SMILES string of the molecule is O=C(Nc1nc(CC(=O)N2CCN(c3ccccc3Cl)CC2)cs1)c1ccc[nH]c1=O. The van der Waals surface area contributed by atoms with Gasteiger partial charge in [-0.15, -0.1) is 11.3 Å². The Morgan fingerprint density at radius 3 is 2.65 bits per heavy atom. The van der Waals surface area contributed by atoms with Crippen molar-refractivity contribution in [1.82, 2.24) is 14.9 Å². The van der Waals surface area contributed by atoms with Crippen LogP contribution in [0.3, 0.4) is 0 Å². The minimum Gasteiger partial charge on any atom is -0.367 e. The average molecular weight is 458 g/mol. The zero-order valence-electron chi connectivity index (χ0n) is 16.5. The molecule has 1 aromatic carbocycles. The van der Waals surface area contributed by atoms with Gasteiger partial charge >= 0.3 is 0 Å². The van der Waals surface area contributed by atoms with Crippen LogP contribution in [0, 0.1) is 0 Å². The molecule has 3 aromatic rings. The first kappa shape index (κ1) is 21.1. The lowest BCUT2D eigenvalue weighted by Gasteiger charge is -2.36. The highest BCUT2D eigenvalue weighted by atomic mass is 35.5. The molecular weight excluding hydrogens is 438 g/mol. The number of rotatable bonds is 5. The van der Waals surface area contributed by atoms with Crippen molar-refractivity contribution >= 4 is 45.6 Å². The molecule has 10 heteroatoms. The maximum absolute atomic E-state index is 12.7. The summed E-state index contributed by atoms with van der Waals surface area (Å²) in [5.74, 6) is -0.550. The number of carbonyl (C=O) groups is 2. The van der Waals surface area contributed by atoms with E-state index in [2.05, 4.69) is 20.2 Å².